The summed E-state index contributed by atoms with van der Waals surface area (Å²) >= 11 is 0. The van der Waals surface area contributed by atoms with Crippen molar-refractivity contribution >= 4 is 0 Å². The molecule has 94 heavy (non-hydrogen) atoms. The number of nitrogens with zero attached hydrogens (tertiary/aromatic N) is 2. The van der Waals surface area contributed by atoms with Crippen LogP contribution in [0.2, 0.25) is 0 Å². The normalized spacial score (nSPS) is 47.5. The van der Waals surface area contributed by atoms with Gasteiger partial charge in [0.2, 0.25) is 6.33 Å². The van der Waals surface area contributed by atoms with Gasteiger partial charge in [-0.1, -0.05) is 58.3 Å². The molecular formula is C58H99N2O34+. The Hall–Kier alpha value is -2.15. The van der Waals surface area contributed by atoms with Crippen molar-refractivity contribution in [2.45, 2.75) is 306 Å². The first-order valence-corrected chi connectivity index (χ1v) is 32.5. The Kier molecular flexibility index (Phi) is 28.3. The van der Waals surface area contributed by atoms with Gasteiger partial charge in [0.25, 0.3) is 0 Å². The number of imidazole rings is 1. The van der Waals surface area contributed by atoms with E-state index in [0.717, 1.165) is 25.7 Å². The zero-order valence-electron chi connectivity index (χ0n) is 51.9. The fourth-order valence-electron chi connectivity index (χ4n) is 13.3. The number of aromatic nitrogens is 2. The van der Waals surface area contributed by atoms with Crippen LogP contribution in [-0.2, 0) is 79.4 Å². The monoisotopic (exact) mass is 1370 g/mol. The maximum absolute atomic E-state index is 12.0. The predicted octanol–water partition coefficient (Wildman–Crippen LogP) is -10.1. The van der Waals surface area contributed by atoms with Gasteiger partial charge in [0.15, 0.2) is 44.0 Å². The molecule has 0 aromatic carbocycles. The Morgan fingerprint density at radius 2 is 0.511 bits per heavy atom. The summed E-state index contributed by atoms with van der Waals surface area (Å²) in [5, 5.41) is 225. The van der Waals surface area contributed by atoms with Gasteiger partial charge in [0.1, 0.15) is 177 Å². The van der Waals surface area contributed by atoms with Crippen LogP contribution in [0.15, 0.2) is 18.7 Å². The molecule has 1 aromatic heterocycles. The second-order valence-corrected chi connectivity index (χ2v) is 25.3. The summed E-state index contributed by atoms with van der Waals surface area (Å²) in [6.07, 6.45) is -52.1. The van der Waals surface area contributed by atoms with Crippen molar-refractivity contribution in [1.82, 2.24) is 4.57 Å². The molecule has 20 N–H and O–H groups in total. The lowest BCUT2D eigenvalue weighted by atomic mass is 9.94. The number of ether oxygens (including phenoxy) is 14. The lowest BCUT2D eigenvalue weighted by Gasteiger charge is -2.50. The maximum atomic E-state index is 12.0. The van der Waals surface area contributed by atoms with E-state index in [1.54, 1.807) is 10.8 Å². The van der Waals surface area contributed by atoms with Crippen molar-refractivity contribution in [1.29, 1.82) is 0 Å². The minimum atomic E-state index is -2.21. The highest BCUT2D eigenvalue weighted by Crippen LogP contribution is 2.39. The van der Waals surface area contributed by atoms with Crippen molar-refractivity contribution in [2.75, 3.05) is 39.6 Å². The van der Waals surface area contributed by atoms with Crippen LogP contribution in [0.25, 0.3) is 0 Å². The van der Waals surface area contributed by atoms with E-state index in [2.05, 4.69) is 6.92 Å². The number of aliphatic hydroxyl groups is 20. The zero-order valence-corrected chi connectivity index (χ0v) is 51.9. The molecule has 0 saturated carbocycles. The Morgan fingerprint density at radius 1 is 0.287 bits per heavy atom. The largest absolute Gasteiger partial charge is 0.394 e. The number of aryl methyl sites for hydroxylation is 2. The topological polar surface area (TPSA) is 543 Å². The van der Waals surface area contributed by atoms with Crippen molar-refractivity contribution in [3.8, 4) is 0 Å². The van der Waals surface area contributed by atoms with E-state index in [0.29, 0.717) is 6.54 Å². The molecule has 36 nitrogen and oxygen atoms in total. The Morgan fingerprint density at radius 3 is 0.755 bits per heavy atom. The van der Waals surface area contributed by atoms with Crippen LogP contribution < -0.4 is 4.57 Å². The molecule has 21 aliphatic rings. The van der Waals surface area contributed by atoms with Gasteiger partial charge in [-0.2, -0.15) is 0 Å². The van der Waals surface area contributed by atoms with E-state index in [1.807, 2.05) is 17.1 Å². The van der Waals surface area contributed by atoms with Gasteiger partial charge in [-0.05, 0) is 12.8 Å². The molecule has 1 aromatic rings. The highest BCUT2D eigenvalue weighted by molar-refractivity contribution is 5.02. The molecule has 21 aliphatic heterocycles. The van der Waals surface area contributed by atoms with Gasteiger partial charge in [0.05, 0.1) is 58.8 Å². The van der Waals surface area contributed by atoms with Crippen LogP contribution >= 0.6 is 0 Å². The molecule has 36 heteroatoms. The quantitative estimate of drug-likeness (QED) is 0.0426. The number of hydrogen-bond donors (Lipinski definition) is 20. The van der Waals surface area contributed by atoms with Crippen molar-refractivity contribution in [3.63, 3.8) is 0 Å². The van der Waals surface area contributed by atoms with Gasteiger partial charge < -0.3 is 168 Å². The van der Waals surface area contributed by atoms with Crippen LogP contribution in [0.3, 0.4) is 0 Å². The maximum Gasteiger partial charge on any atom is 0.243 e. The van der Waals surface area contributed by atoms with E-state index in [4.69, 9.17) is 66.3 Å². The first kappa shape index (κ1) is 76.0. The molecule has 14 bridgehead atoms. The number of hydrogen-bond acceptors (Lipinski definition) is 34. The summed E-state index contributed by atoms with van der Waals surface area (Å²) in [5.74, 6) is 0. The third-order valence-corrected chi connectivity index (χ3v) is 18.8. The number of aliphatic hydroxyl groups excluding tert-OH is 20. The van der Waals surface area contributed by atoms with E-state index in [1.165, 1.54) is 38.5 Å². The second-order valence-electron chi connectivity index (χ2n) is 25.3. The first-order chi connectivity index (χ1) is 45.1. The summed E-state index contributed by atoms with van der Waals surface area (Å²) in [6, 6.07) is 0. The molecule has 1 unspecified atom stereocenters. The van der Waals surface area contributed by atoms with Crippen molar-refractivity contribution in [2.24, 2.45) is 0 Å². The van der Waals surface area contributed by atoms with Crippen LogP contribution in [0.4, 0.5) is 0 Å². The highest BCUT2D eigenvalue weighted by atomic mass is 16.8. The SMILES string of the molecule is CCCCCCCCCCCC[n+]1ccn(CC[C@H]2O[C@@H]3O[C@H]4[C@H](O)[C@@H](O)[C@@H](O[C@H]5[C@H](O)[C@@H](O)[C@@H](O[C@H]6[C@H](O)C(O)[C@@H](O[C@H]7[C@H](O)[C@@H](O)[C@@H](O[C@H]8[C@H](O)[C@@H](O)[C@@H](O[C@H]9[C@H](O)[C@@H](O)[C@@H](O[C@H]2[C@H](O)[C@H]3O)O[C@@H]9CO)O[C@@H]8CO)O[C@@H]7CO)O[C@@H]6CO)O[C@@H]5CO)O[C@@H]4CO)c1. The Bertz CT molecular complexity index is 2360. The molecule has 0 aliphatic carbocycles. The molecule has 544 valence electrons. The zero-order chi connectivity index (χ0) is 67.8. The van der Waals surface area contributed by atoms with Gasteiger partial charge in [-0.25, -0.2) is 9.13 Å². The van der Waals surface area contributed by atoms with Gasteiger partial charge in [-0.3, -0.25) is 0 Å². The molecule has 22 heterocycles. The summed E-state index contributed by atoms with van der Waals surface area (Å²) in [4.78, 5) is 0. The Labute approximate surface area is 540 Å². The van der Waals surface area contributed by atoms with E-state index >= 15 is 0 Å². The fourth-order valence-corrected chi connectivity index (χ4v) is 13.3. The highest BCUT2D eigenvalue weighted by Gasteiger charge is 2.59. The standard InChI is InChI=1S/C58H99N2O34/c1-2-3-4-5-6-7-8-9-10-11-13-59-15-16-60(23-59)14-12-24-45-31(67)38(74)52(81-24)89-46-25(17-61)83-54(40(76)33(46)69)91-48-27(19-63)85-56(42(78)35(48)71)93-50-29(21-65)87-58(44(80)37(50)73)94-51-30(22-66)86-57(43(79)36(51)72)92-49-28(20-64)84-55(41(77)34(49)70)90-47-26(18-62)82-53(88-45)39(75)32(47)68/h15-16,23-58,61-80H,2-14,17-22H2,1H3/q+1/t24-,25-,26-,27-,28-,29-,30-,31-,32-,33-,34-,35-,36-,37-,38-,39-,40-,41-,42-,43-,44?,45-,46-,47-,48-,49-,50-,51-,52-,53-,54-,55-,56-,57-,58-/m1/s1. The number of unbranched alkanes of at least 4 members (excludes halogenated alkanes) is 9. The minimum absolute atomic E-state index is 0.0815. The smallest absolute Gasteiger partial charge is 0.243 e. The van der Waals surface area contributed by atoms with Crippen molar-refractivity contribution in [3.05, 3.63) is 18.7 Å². The predicted molar refractivity (Wildman–Crippen MR) is 302 cm³/mol. The average molecular weight is 1370 g/mol. The molecular weight excluding hydrogens is 1270 g/mol. The third kappa shape index (κ3) is 17.1. The summed E-state index contributed by atoms with van der Waals surface area (Å²) in [6.45, 7) is -3.15. The third-order valence-electron chi connectivity index (χ3n) is 18.8. The summed E-state index contributed by atoms with van der Waals surface area (Å²) < 4.78 is 86.1. The van der Waals surface area contributed by atoms with Crippen LogP contribution in [0.1, 0.15) is 77.6 Å². The molecule has 22 rings (SSSR count). The van der Waals surface area contributed by atoms with Crippen LogP contribution in [0.5, 0.6) is 0 Å². The number of rotatable bonds is 20. The second kappa shape index (κ2) is 35.0. The van der Waals surface area contributed by atoms with E-state index in [9.17, 15) is 102 Å². The van der Waals surface area contributed by atoms with Crippen molar-refractivity contribution < 1.29 is 173 Å². The van der Waals surface area contributed by atoms with Crippen LogP contribution in [0, 0.1) is 0 Å². The molecule has 0 spiro atoms. The molecule has 21 saturated heterocycles. The molecule has 21 fully saturated rings. The molecule has 0 radical (unpaired) electrons. The van der Waals surface area contributed by atoms with E-state index in [-0.39, 0.29) is 13.0 Å². The summed E-state index contributed by atoms with van der Waals surface area (Å²) in [5.41, 5.74) is 0. The summed E-state index contributed by atoms with van der Waals surface area (Å²) in [7, 11) is 0. The van der Waals surface area contributed by atoms with E-state index < -0.39 is 255 Å². The lowest BCUT2D eigenvalue weighted by molar-refractivity contribution is -0.696. The first-order valence-electron chi connectivity index (χ1n) is 32.5. The Balaban J connectivity index is 0.974. The van der Waals surface area contributed by atoms with Gasteiger partial charge >= 0.3 is 0 Å². The van der Waals surface area contributed by atoms with Gasteiger partial charge in [-0.15, -0.1) is 0 Å². The lowest BCUT2D eigenvalue weighted by Crippen LogP contribution is -2.68. The van der Waals surface area contributed by atoms with Crippen LogP contribution in [-0.4, -0.2) is 361 Å². The molecule has 35 atom stereocenters. The molecule has 0 amide bonds. The minimum Gasteiger partial charge on any atom is -0.394 e. The van der Waals surface area contributed by atoms with Gasteiger partial charge in [0, 0.05) is 6.42 Å². The average Bonchev–Trinajstić information content (AvgIpc) is 0.800. The fraction of sp³-hybridized carbons (Fsp3) is 0.948.